The zero-order valence-corrected chi connectivity index (χ0v) is 7.71. The largest absolute Gasteiger partial charge is 0.437 e. The Balaban J connectivity index is 2.71. The van der Waals surface area contributed by atoms with Crippen molar-refractivity contribution in [3.8, 4) is 0 Å². The number of rotatable bonds is 3. The number of hydroxylamine groups is 1. The van der Waals surface area contributed by atoms with Gasteiger partial charge in [-0.15, -0.1) is 0 Å². The Morgan fingerprint density at radius 1 is 1.87 bits per heavy atom. The van der Waals surface area contributed by atoms with E-state index in [1.165, 1.54) is 17.1 Å². The summed E-state index contributed by atoms with van der Waals surface area (Å²) in [6.07, 6.45) is -0.00382. The van der Waals surface area contributed by atoms with E-state index in [0.29, 0.717) is 0 Å². The normalized spacial score (nSPS) is 9.73. The molecule has 0 saturated heterocycles. The molecule has 0 aliphatic rings. The first-order valence-electron chi connectivity index (χ1n) is 3.78. The third-order valence-corrected chi connectivity index (χ3v) is 1.67. The van der Waals surface area contributed by atoms with E-state index in [9.17, 15) is 14.9 Å². The van der Waals surface area contributed by atoms with E-state index in [4.69, 9.17) is 5.21 Å². The molecular weight excluding hydrogens is 208 g/mol. The minimum absolute atomic E-state index is 0.199. The van der Waals surface area contributed by atoms with Gasteiger partial charge < -0.3 is 14.9 Å². The molecule has 1 rings (SSSR count). The Bertz CT molecular complexity index is 387. The molecule has 1 amide bonds. The van der Waals surface area contributed by atoms with Gasteiger partial charge in [-0.25, -0.2) is 19.8 Å². The first kappa shape index (κ1) is 10.9. The van der Waals surface area contributed by atoms with Crippen molar-refractivity contribution < 1.29 is 19.7 Å². The Labute approximate surface area is 83.4 Å². The van der Waals surface area contributed by atoms with Gasteiger partial charge in [0.25, 0.3) is 0 Å². The average molecular weight is 216 g/mol. The summed E-state index contributed by atoms with van der Waals surface area (Å²) < 4.78 is 5.62. The molecule has 2 N–H and O–H groups in total. The van der Waals surface area contributed by atoms with Gasteiger partial charge in [-0.05, 0) is 4.92 Å². The first-order valence-corrected chi connectivity index (χ1v) is 3.78. The van der Waals surface area contributed by atoms with Crippen molar-refractivity contribution in [1.82, 2.24) is 15.0 Å². The number of carbonyl (C=O) groups excluding carboxylic acids is 1. The quantitative estimate of drug-likeness (QED) is 0.415. The lowest BCUT2D eigenvalue weighted by atomic mass is 10.6. The van der Waals surface area contributed by atoms with Crippen LogP contribution >= 0.6 is 0 Å². The third kappa shape index (κ3) is 2.40. The molecule has 0 atom stereocenters. The monoisotopic (exact) mass is 216 g/mol. The van der Waals surface area contributed by atoms with Crippen molar-refractivity contribution in [2.75, 3.05) is 0 Å². The van der Waals surface area contributed by atoms with Crippen LogP contribution in [0, 0.1) is 10.1 Å². The number of imidazole rings is 1. The molecule has 0 fully saturated rings. The number of aromatic nitrogens is 2. The van der Waals surface area contributed by atoms with Gasteiger partial charge in [0, 0.05) is 0 Å². The maximum absolute atomic E-state index is 10.5. The summed E-state index contributed by atoms with van der Waals surface area (Å²) in [6, 6.07) is 0. The number of carbonyl (C=O) groups is 1. The summed E-state index contributed by atoms with van der Waals surface area (Å²) in [5.41, 5.74) is 1.25. The van der Waals surface area contributed by atoms with Gasteiger partial charge in [-0.3, -0.25) is 5.21 Å². The van der Waals surface area contributed by atoms with Crippen LogP contribution in [0.4, 0.5) is 10.6 Å². The minimum Gasteiger partial charge on any atom is -0.437 e. The number of ether oxygens (including phenoxy) is 1. The fourth-order valence-electron chi connectivity index (χ4n) is 0.904. The van der Waals surface area contributed by atoms with Crippen LogP contribution in [0.1, 0.15) is 5.82 Å². The average Bonchev–Trinajstić information content (AvgIpc) is 2.56. The molecule has 0 unspecified atom stereocenters. The zero-order valence-electron chi connectivity index (χ0n) is 7.71. The minimum atomic E-state index is -1.05. The number of hydrogen-bond acceptors (Lipinski definition) is 6. The summed E-state index contributed by atoms with van der Waals surface area (Å²) >= 11 is 0. The molecule has 15 heavy (non-hydrogen) atoms. The first-order chi connectivity index (χ1) is 7.06. The highest BCUT2D eigenvalue weighted by Crippen LogP contribution is 2.11. The molecule has 9 nitrogen and oxygen atoms in total. The molecular formula is C6H8N4O5. The van der Waals surface area contributed by atoms with E-state index in [1.54, 1.807) is 0 Å². The van der Waals surface area contributed by atoms with Crippen LogP contribution in [-0.4, -0.2) is 25.8 Å². The summed E-state index contributed by atoms with van der Waals surface area (Å²) in [6.45, 7) is -0.267. The fraction of sp³-hybridized carbons (Fsp3) is 0.333. The maximum Gasteiger partial charge on any atom is 0.431 e. The smallest absolute Gasteiger partial charge is 0.431 e. The van der Waals surface area contributed by atoms with Crippen LogP contribution < -0.4 is 5.48 Å². The fourth-order valence-corrected chi connectivity index (χ4v) is 0.904. The molecule has 0 aromatic carbocycles. The molecule has 0 spiro atoms. The highest BCUT2D eigenvalue weighted by atomic mass is 16.6. The zero-order chi connectivity index (χ0) is 11.4. The van der Waals surface area contributed by atoms with E-state index in [2.05, 4.69) is 9.72 Å². The van der Waals surface area contributed by atoms with Crippen LogP contribution in [0.5, 0.6) is 0 Å². The number of nitrogens with zero attached hydrogens (tertiary/aromatic N) is 3. The predicted molar refractivity (Wildman–Crippen MR) is 45.0 cm³/mol. The standard InChI is InChI=1S/C6H8N4O5/c1-9-4(3-15-6(11)8-12)7-2-5(9)10(13)14/h2,12H,3H2,1H3,(H,8,11). The molecule has 0 saturated carbocycles. The molecule has 0 bridgehead atoms. The second-order valence-electron chi connectivity index (χ2n) is 2.54. The van der Waals surface area contributed by atoms with Gasteiger partial charge in [0.2, 0.25) is 5.82 Å². The summed E-state index contributed by atoms with van der Waals surface area (Å²) in [7, 11) is 1.42. The highest BCUT2D eigenvalue weighted by molar-refractivity contribution is 5.65. The Morgan fingerprint density at radius 3 is 3.00 bits per heavy atom. The van der Waals surface area contributed by atoms with Gasteiger partial charge in [0.1, 0.15) is 6.20 Å². The van der Waals surface area contributed by atoms with Crippen LogP contribution in [0.2, 0.25) is 0 Å². The lowest BCUT2D eigenvalue weighted by Gasteiger charge is -2.00. The molecule has 1 aromatic heterocycles. The van der Waals surface area contributed by atoms with Gasteiger partial charge in [0.05, 0.1) is 7.05 Å². The highest BCUT2D eigenvalue weighted by Gasteiger charge is 2.17. The number of nitro groups is 1. The number of nitrogens with one attached hydrogen (secondary N) is 1. The van der Waals surface area contributed by atoms with Gasteiger partial charge in [-0.1, -0.05) is 0 Å². The number of amides is 1. The Hall–Kier alpha value is -2.16. The van der Waals surface area contributed by atoms with E-state index in [1.807, 2.05) is 0 Å². The van der Waals surface area contributed by atoms with Crippen molar-refractivity contribution >= 4 is 11.9 Å². The molecule has 1 aromatic rings. The van der Waals surface area contributed by atoms with E-state index >= 15 is 0 Å². The van der Waals surface area contributed by atoms with Crippen LogP contribution in [0.15, 0.2) is 6.20 Å². The Kier molecular flexibility index (Phi) is 3.18. The molecule has 1 heterocycles. The van der Waals surface area contributed by atoms with Crippen LogP contribution in [0.25, 0.3) is 0 Å². The summed E-state index contributed by atoms with van der Waals surface area (Å²) in [5, 5.41) is 18.5. The predicted octanol–water partition coefficient (Wildman–Crippen LogP) is -0.0563. The van der Waals surface area contributed by atoms with E-state index in [-0.39, 0.29) is 18.2 Å². The van der Waals surface area contributed by atoms with Gasteiger partial charge in [-0.2, -0.15) is 0 Å². The van der Waals surface area contributed by atoms with Crippen molar-refractivity contribution in [2.45, 2.75) is 6.61 Å². The van der Waals surface area contributed by atoms with Crippen molar-refractivity contribution in [3.05, 3.63) is 22.1 Å². The third-order valence-electron chi connectivity index (χ3n) is 1.67. The molecule has 0 radical (unpaired) electrons. The molecule has 0 aliphatic carbocycles. The SMILES string of the molecule is Cn1c([N+](=O)[O-])cnc1COC(=O)NO. The topological polar surface area (TPSA) is 120 Å². The van der Waals surface area contributed by atoms with Gasteiger partial charge >= 0.3 is 11.9 Å². The lowest BCUT2D eigenvalue weighted by Crippen LogP contribution is -2.20. The second kappa shape index (κ2) is 4.37. The number of hydrogen-bond donors (Lipinski definition) is 2. The van der Waals surface area contributed by atoms with Gasteiger partial charge in [0.15, 0.2) is 6.61 Å². The second-order valence-corrected chi connectivity index (χ2v) is 2.54. The Morgan fingerprint density at radius 2 is 2.53 bits per heavy atom. The lowest BCUT2D eigenvalue weighted by molar-refractivity contribution is -0.391. The molecule has 82 valence electrons. The van der Waals surface area contributed by atoms with Crippen molar-refractivity contribution in [1.29, 1.82) is 0 Å². The molecule has 0 aliphatic heterocycles. The van der Waals surface area contributed by atoms with Crippen LogP contribution in [0.3, 0.4) is 0 Å². The molecule has 9 heteroatoms. The summed E-state index contributed by atoms with van der Waals surface area (Å²) in [5.74, 6) is -0.0108. The summed E-state index contributed by atoms with van der Waals surface area (Å²) in [4.78, 5) is 24.0. The van der Waals surface area contributed by atoms with E-state index in [0.717, 1.165) is 6.20 Å². The van der Waals surface area contributed by atoms with Crippen molar-refractivity contribution in [3.63, 3.8) is 0 Å². The van der Waals surface area contributed by atoms with Crippen LogP contribution in [-0.2, 0) is 18.4 Å². The van der Waals surface area contributed by atoms with E-state index < -0.39 is 11.0 Å². The maximum atomic E-state index is 10.5. The van der Waals surface area contributed by atoms with Crippen molar-refractivity contribution in [2.24, 2.45) is 7.05 Å².